The SMILES string of the molecule is CC1(OC(=O)CCl)C2CC3CC(C2)CC1C3.Cc1cc(Oc2cc(I)c(O)cc2I)ccc1[I+]c1ccc(C(C)(C)C)cc1.Cc1cc(Oc2cc(I)c(OCC(=O)OC3(C)C4CC5CC(C4)CC3C5)cc2I)ccc1[I+]c1ccc(C(C)(C)C)cc1.[Cl-].[Cl-]. The third-order valence-electron chi connectivity index (χ3n) is 19.2. The van der Waals surface area contributed by atoms with E-state index in [1.807, 2.05) is 24.3 Å². The summed E-state index contributed by atoms with van der Waals surface area (Å²) < 4.78 is 39.5. The first kappa shape index (κ1) is 73.5. The molecule has 14 rings (SSSR count). The van der Waals surface area contributed by atoms with E-state index in [0.717, 1.165) is 61.0 Å². The number of carbonyl (C=O) groups is 2. The number of halogens is 9. The maximum Gasteiger partial charge on any atom is 0.358 e. The zero-order valence-corrected chi connectivity index (χ0v) is 67.4. The van der Waals surface area contributed by atoms with Crippen molar-refractivity contribution in [2.24, 2.45) is 47.3 Å². The number of phenolic OH excluding ortho intramolecular Hbond substituents is 1. The lowest BCUT2D eigenvalue weighted by Gasteiger charge is -2.59. The number of hydrogen-bond acceptors (Lipinski definition) is 8. The smallest absolute Gasteiger partial charge is 0.358 e. The van der Waals surface area contributed by atoms with Crippen molar-refractivity contribution in [3.63, 3.8) is 0 Å². The molecule has 6 aromatic carbocycles. The van der Waals surface area contributed by atoms with Gasteiger partial charge in [-0.15, -0.1) is 11.6 Å². The second-order valence-corrected chi connectivity index (χ2v) is 38.3. The summed E-state index contributed by atoms with van der Waals surface area (Å²) in [5.41, 5.74) is 5.07. The van der Waals surface area contributed by atoms with E-state index in [1.54, 1.807) is 6.07 Å². The minimum atomic E-state index is -0.334. The minimum Gasteiger partial charge on any atom is -1.00 e. The molecule has 0 atom stereocenters. The van der Waals surface area contributed by atoms with Crippen molar-refractivity contribution in [1.82, 2.24) is 0 Å². The second-order valence-electron chi connectivity index (χ2n) is 27.5. The van der Waals surface area contributed by atoms with Crippen LogP contribution >= 0.6 is 102 Å². The van der Waals surface area contributed by atoms with Gasteiger partial charge in [-0.1, -0.05) is 65.8 Å². The van der Waals surface area contributed by atoms with E-state index < -0.39 is 0 Å². The van der Waals surface area contributed by atoms with Crippen LogP contribution in [0.1, 0.15) is 142 Å². The highest BCUT2D eigenvalue weighted by Gasteiger charge is 2.58. The van der Waals surface area contributed by atoms with Gasteiger partial charge in [-0.2, -0.15) is 0 Å². The number of phenols is 1. The maximum absolute atomic E-state index is 13.0. The van der Waals surface area contributed by atoms with Crippen molar-refractivity contribution in [3.05, 3.63) is 160 Å². The third kappa shape index (κ3) is 18.0. The fraction of sp³-hybridized carbons (Fsp3) is 0.472. The Kier molecular flexibility index (Phi) is 25.5. The van der Waals surface area contributed by atoms with E-state index in [-0.39, 0.29) is 119 Å². The Morgan fingerprint density at radius 2 is 0.854 bits per heavy atom. The van der Waals surface area contributed by atoms with Crippen LogP contribution in [0.2, 0.25) is 0 Å². The van der Waals surface area contributed by atoms with Gasteiger partial charge in [0.1, 0.15) is 51.6 Å². The molecule has 8 fully saturated rings. The molecule has 0 saturated heterocycles. The van der Waals surface area contributed by atoms with E-state index in [4.69, 9.17) is 35.3 Å². The van der Waals surface area contributed by atoms with Gasteiger partial charge in [-0.05, 0) is 336 Å². The number of esters is 2. The lowest BCUT2D eigenvalue weighted by molar-refractivity contribution is -0.598. The number of rotatable bonds is 14. The second kappa shape index (κ2) is 30.8. The molecular formula is C72H81Cl3I6O8. The molecule has 0 aromatic heterocycles. The van der Waals surface area contributed by atoms with Crippen LogP contribution in [0.15, 0.2) is 109 Å². The molecule has 0 aliphatic heterocycles. The Labute approximate surface area is 621 Å². The Morgan fingerprint density at radius 1 is 0.506 bits per heavy atom. The fourth-order valence-corrected chi connectivity index (χ4v) is 21.5. The number of aryl methyl sites for hydroxylation is 2. The van der Waals surface area contributed by atoms with E-state index in [1.165, 1.54) is 101 Å². The number of hydrogen-bond donors (Lipinski definition) is 1. The largest absolute Gasteiger partial charge is 1.00 e. The highest BCUT2D eigenvalue weighted by molar-refractivity contribution is 14.1. The summed E-state index contributed by atoms with van der Waals surface area (Å²) >= 11 is 13.9. The van der Waals surface area contributed by atoms with Gasteiger partial charge in [0.25, 0.3) is 0 Å². The Hall–Kier alpha value is -1.29. The van der Waals surface area contributed by atoms with Crippen molar-refractivity contribution in [2.75, 3.05) is 12.5 Å². The minimum absolute atomic E-state index is 0. The quantitative estimate of drug-likeness (QED) is 0.0675. The van der Waals surface area contributed by atoms with E-state index >= 15 is 0 Å². The Morgan fingerprint density at radius 3 is 1.22 bits per heavy atom. The van der Waals surface area contributed by atoms with E-state index in [9.17, 15) is 14.7 Å². The van der Waals surface area contributed by atoms with Gasteiger partial charge in [0, 0.05) is 11.1 Å². The summed E-state index contributed by atoms with van der Waals surface area (Å²) in [4.78, 5) is 24.4. The first-order chi connectivity index (χ1) is 41.1. The van der Waals surface area contributed by atoms with Crippen LogP contribution in [0.3, 0.4) is 0 Å². The zero-order valence-electron chi connectivity index (χ0n) is 52.2. The summed E-state index contributed by atoms with van der Waals surface area (Å²) in [5, 5.41) is 9.81. The molecule has 0 unspecified atom stereocenters. The molecular weight excluding hydrogens is 1860 g/mol. The average molecular weight is 1940 g/mol. The van der Waals surface area contributed by atoms with Crippen molar-refractivity contribution >= 4 is 114 Å². The number of benzene rings is 6. The van der Waals surface area contributed by atoms with Gasteiger partial charge in [0.2, 0.25) is 0 Å². The number of carbonyl (C=O) groups excluding carboxylic acids is 2. The topological polar surface area (TPSA) is 101 Å². The molecule has 0 radical (unpaired) electrons. The molecule has 6 aromatic rings. The standard InChI is InChI=1S/C36H40I3O4.C23H21I3O2.C13H19ClO2.2ClH/c1-21-12-28(10-11-31(21)39-27-8-6-24(7-9-27)35(2,3)4)42-33-19-29(37)32(18-30(33)38)41-20-34(40)43-36(5)25-14-22-13-23(16-25)17-26(36)15-22;1-14-11-17(28-22-13-18(24)21(27)12-19(22)25)9-10-20(14)26-16-7-5-15(6-8-16)23(2,3)4;1-13(16-12(15)7-14)10-3-8-2-9(5-10)6-11(13)4-8;;/h6-12,18-19,22-23,25-26H,13-17,20H2,1-5H3;5-13H,1-4H3;8-11H,2-7H2,1H3;2*1H/q+1;;;;/p-1. The lowest BCUT2D eigenvalue weighted by atomic mass is 9.50. The van der Waals surface area contributed by atoms with Crippen LogP contribution in [0.25, 0.3) is 0 Å². The molecule has 1 N–H and O–H groups in total. The van der Waals surface area contributed by atoms with E-state index in [2.05, 4.69) is 238 Å². The van der Waals surface area contributed by atoms with Gasteiger partial charge in [-0.3, -0.25) is 4.79 Å². The fourth-order valence-electron chi connectivity index (χ4n) is 14.6. The summed E-state index contributed by atoms with van der Waals surface area (Å²) in [7, 11) is 0. The van der Waals surface area contributed by atoms with Gasteiger partial charge in [0.15, 0.2) is 20.9 Å². The predicted octanol–water partition coefficient (Wildman–Crippen LogP) is 7.68. The van der Waals surface area contributed by atoms with Crippen LogP contribution in [0, 0.1) is 89.8 Å². The summed E-state index contributed by atoms with van der Waals surface area (Å²) in [6.07, 6.45) is 12.7. The van der Waals surface area contributed by atoms with Crippen molar-refractivity contribution in [1.29, 1.82) is 0 Å². The molecule has 8 aliphatic rings. The highest BCUT2D eigenvalue weighted by atomic mass is 127. The number of ether oxygens (including phenoxy) is 5. The molecule has 8 bridgehead atoms. The van der Waals surface area contributed by atoms with Crippen LogP contribution in [-0.4, -0.2) is 40.7 Å². The Bertz CT molecular complexity index is 3420. The van der Waals surface area contributed by atoms with Crippen LogP contribution in [-0.2, 0) is 29.9 Å². The zero-order chi connectivity index (χ0) is 62.3. The highest BCUT2D eigenvalue weighted by Crippen LogP contribution is 2.61. The summed E-state index contributed by atoms with van der Waals surface area (Å²) in [5.74, 6) is 9.34. The van der Waals surface area contributed by atoms with Gasteiger partial charge >= 0.3 is 54.3 Å². The normalized spacial score (nSPS) is 25.0. The summed E-state index contributed by atoms with van der Waals surface area (Å²) in [6.45, 7) is 22.1. The number of alkyl halides is 1. The summed E-state index contributed by atoms with van der Waals surface area (Å²) in [6, 6.07) is 38.5. The first-order valence-electron chi connectivity index (χ1n) is 30.5. The Balaban J connectivity index is 0.000000190. The molecule has 8 saturated carbocycles. The van der Waals surface area contributed by atoms with Gasteiger partial charge < -0.3 is 53.6 Å². The monoisotopic (exact) mass is 1940 g/mol. The average Bonchev–Trinajstić information content (AvgIpc) is 0.970. The van der Waals surface area contributed by atoms with Crippen LogP contribution in [0.5, 0.6) is 34.5 Å². The van der Waals surface area contributed by atoms with Crippen LogP contribution < -0.4 is 81.4 Å². The van der Waals surface area contributed by atoms with E-state index in [0.29, 0.717) is 29.4 Å². The molecule has 0 spiro atoms. The molecule has 0 heterocycles. The molecule has 0 amide bonds. The van der Waals surface area contributed by atoms with Gasteiger partial charge in [-0.25, -0.2) is 4.79 Å². The molecule has 89 heavy (non-hydrogen) atoms. The lowest BCUT2D eigenvalue weighted by Crippen LogP contribution is -3.61. The molecule has 480 valence electrons. The van der Waals surface area contributed by atoms with Crippen molar-refractivity contribution in [3.8, 4) is 34.5 Å². The predicted molar refractivity (Wildman–Crippen MR) is 372 cm³/mol. The van der Waals surface area contributed by atoms with Crippen molar-refractivity contribution in [2.45, 2.75) is 155 Å². The first-order valence-corrected chi connectivity index (χ1v) is 39.7. The molecule has 8 aliphatic carbocycles. The van der Waals surface area contributed by atoms with Gasteiger partial charge in [0.05, 0.1) is 14.3 Å². The van der Waals surface area contributed by atoms with Crippen LogP contribution in [0.4, 0.5) is 0 Å². The molecule has 17 heteroatoms. The third-order valence-corrected chi connectivity index (χ3v) is 29.1. The maximum atomic E-state index is 13.0. The van der Waals surface area contributed by atoms with Crippen molar-refractivity contribution < 1.29 is 106 Å². The number of aromatic hydroxyl groups is 1. The molecule has 8 nitrogen and oxygen atoms in total.